The molecule has 7 heteroatoms. The minimum atomic E-state index is -0.252. The van der Waals surface area contributed by atoms with Crippen LogP contribution < -0.4 is 0 Å². The third-order valence-electron chi connectivity index (χ3n) is 3.39. The molecule has 1 aliphatic rings. The monoisotopic (exact) mass is 406 g/mol. The molecular weight excluding hydrogens is 395 g/mol. The maximum atomic E-state index is 12.5. The molecule has 25 heavy (non-hydrogen) atoms. The summed E-state index contributed by atoms with van der Waals surface area (Å²) in [4.78, 5) is 13.1. The summed E-state index contributed by atoms with van der Waals surface area (Å²) in [5.41, 5.74) is 2.73. The van der Waals surface area contributed by atoms with Crippen molar-refractivity contribution in [3.8, 4) is 0 Å². The van der Waals surface area contributed by atoms with Crippen molar-refractivity contribution in [1.29, 1.82) is 0 Å². The molecule has 1 amide bonds. The summed E-state index contributed by atoms with van der Waals surface area (Å²) in [7, 11) is 0. The number of thiocarbonyl (C=S) groups is 1. The van der Waals surface area contributed by atoms with E-state index in [9.17, 15) is 4.79 Å². The van der Waals surface area contributed by atoms with E-state index in [0.717, 1.165) is 11.1 Å². The van der Waals surface area contributed by atoms with E-state index in [0.29, 0.717) is 24.8 Å². The van der Waals surface area contributed by atoms with Crippen LogP contribution in [0, 0.1) is 6.92 Å². The van der Waals surface area contributed by atoms with Crippen LogP contribution in [-0.2, 0) is 4.79 Å². The van der Waals surface area contributed by atoms with Crippen molar-refractivity contribution in [3.63, 3.8) is 0 Å². The zero-order valence-corrected chi connectivity index (χ0v) is 16.2. The Labute approximate surface area is 165 Å². The number of halogens is 2. The fourth-order valence-corrected chi connectivity index (χ4v) is 3.83. The summed E-state index contributed by atoms with van der Waals surface area (Å²) in [5, 5.41) is 6.38. The number of amides is 1. The standard InChI is InChI=1S/C18H12Cl2N2OS2/c1-11-3-2-4-12(7-11)8-16-17(23)22(18(24)25-16)21-10-13-5-6-14(19)9-15(13)20/h2-10H,1H3/b16-8-,21-10-. The number of hydrazone groups is 1. The van der Waals surface area contributed by atoms with E-state index >= 15 is 0 Å². The van der Waals surface area contributed by atoms with Gasteiger partial charge in [0.2, 0.25) is 0 Å². The largest absolute Gasteiger partial charge is 0.286 e. The number of hydrogen-bond donors (Lipinski definition) is 0. The van der Waals surface area contributed by atoms with Gasteiger partial charge in [-0.05, 0) is 42.9 Å². The third-order valence-corrected chi connectivity index (χ3v) is 5.23. The van der Waals surface area contributed by atoms with Gasteiger partial charge in [0.15, 0.2) is 4.32 Å². The molecule has 0 atom stereocenters. The molecule has 0 N–H and O–H groups in total. The first-order chi connectivity index (χ1) is 11.9. The molecule has 0 unspecified atom stereocenters. The highest BCUT2D eigenvalue weighted by molar-refractivity contribution is 8.26. The predicted molar refractivity (Wildman–Crippen MR) is 110 cm³/mol. The number of thioether (sulfide) groups is 1. The van der Waals surface area contributed by atoms with Crippen LogP contribution >= 0.6 is 47.2 Å². The number of rotatable bonds is 3. The van der Waals surface area contributed by atoms with Gasteiger partial charge in [-0.15, -0.1) is 0 Å². The van der Waals surface area contributed by atoms with Crippen molar-refractivity contribution in [2.45, 2.75) is 6.92 Å². The zero-order chi connectivity index (χ0) is 18.0. The highest BCUT2D eigenvalue weighted by atomic mass is 35.5. The van der Waals surface area contributed by atoms with Crippen molar-refractivity contribution in [2.24, 2.45) is 5.10 Å². The Balaban J connectivity index is 1.83. The van der Waals surface area contributed by atoms with E-state index in [1.54, 1.807) is 18.2 Å². The molecule has 0 spiro atoms. The smallest absolute Gasteiger partial charge is 0.266 e. The van der Waals surface area contributed by atoms with E-state index < -0.39 is 0 Å². The molecule has 2 aromatic rings. The maximum absolute atomic E-state index is 12.5. The fourth-order valence-electron chi connectivity index (χ4n) is 2.20. The minimum Gasteiger partial charge on any atom is -0.266 e. The van der Waals surface area contributed by atoms with Crippen LogP contribution in [0.1, 0.15) is 16.7 Å². The summed E-state index contributed by atoms with van der Waals surface area (Å²) < 4.78 is 0.380. The summed E-state index contributed by atoms with van der Waals surface area (Å²) in [5.74, 6) is -0.252. The topological polar surface area (TPSA) is 32.7 Å². The Hall–Kier alpha value is -1.66. The van der Waals surface area contributed by atoms with E-state index in [4.69, 9.17) is 35.4 Å². The lowest BCUT2D eigenvalue weighted by molar-refractivity contribution is -0.122. The van der Waals surface area contributed by atoms with E-state index in [1.807, 2.05) is 37.3 Å². The van der Waals surface area contributed by atoms with Crippen LogP contribution in [0.3, 0.4) is 0 Å². The van der Waals surface area contributed by atoms with Gasteiger partial charge in [0.05, 0.1) is 16.1 Å². The second-order valence-corrected chi connectivity index (χ2v) is 7.84. The van der Waals surface area contributed by atoms with Crippen LogP contribution in [0.4, 0.5) is 0 Å². The number of benzene rings is 2. The molecule has 1 saturated heterocycles. The molecular formula is C18H12Cl2N2OS2. The minimum absolute atomic E-state index is 0.252. The molecule has 126 valence electrons. The molecule has 1 heterocycles. The van der Waals surface area contributed by atoms with Crippen LogP contribution in [0.5, 0.6) is 0 Å². The second kappa shape index (κ2) is 7.70. The number of nitrogens with zero attached hydrogens (tertiary/aromatic N) is 2. The summed E-state index contributed by atoms with van der Waals surface area (Å²) in [6.07, 6.45) is 3.32. The maximum Gasteiger partial charge on any atom is 0.286 e. The van der Waals surface area contributed by atoms with Gasteiger partial charge in [0.25, 0.3) is 5.91 Å². The van der Waals surface area contributed by atoms with Crippen molar-refractivity contribution in [2.75, 3.05) is 0 Å². The lowest BCUT2D eigenvalue weighted by Crippen LogP contribution is -2.22. The molecule has 0 bridgehead atoms. The summed E-state index contributed by atoms with van der Waals surface area (Å²) in [6.45, 7) is 2.00. The van der Waals surface area contributed by atoms with Gasteiger partial charge < -0.3 is 0 Å². The van der Waals surface area contributed by atoms with E-state index in [-0.39, 0.29) is 5.91 Å². The number of carbonyl (C=O) groups is 1. The van der Waals surface area contributed by atoms with Gasteiger partial charge in [-0.1, -0.05) is 70.9 Å². The molecule has 2 aromatic carbocycles. The second-order valence-electron chi connectivity index (χ2n) is 5.32. The molecule has 1 aliphatic heterocycles. The van der Waals surface area contributed by atoms with Gasteiger partial charge >= 0.3 is 0 Å². The zero-order valence-electron chi connectivity index (χ0n) is 13.1. The average Bonchev–Trinajstić information content (AvgIpc) is 2.81. The van der Waals surface area contributed by atoms with E-state index in [1.165, 1.54) is 23.0 Å². The number of aryl methyl sites for hydroxylation is 1. The normalized spacial score (nSPS) is 16.4. The van der Waals surface area contributed by atoms with E-state index in [2.05, 4.69) is 5.10 Å². The lowest BCUT2D eigenvalue weighted by atomic mass is 10.1. The summed E-state index contributed by atoms with van der Waals surface area (Å²) >= 11 is 18.5. The highest BCUT2D eigenvalue weighted by Crippen LogP contribution is 2.33. The van der Waals surface area contributed by atoms with Crippen LogP contribution in [0.15, 0.2) is 52.5 Å². The van der Waals surface area contributed by atoms with Gasteiger partial charge in [0, 0.05) is 10.6 Å². The number of hydrogen-bond acceptors (Lipinski definition) is 4. The van der Waals surface area contributed by atoms with Crippen LogP contribution in [0.25, 0.3) is 6.08 Å². The van der Waals surface area contributed by atoms with Crippen molar-refractivity contribution in [1.82, 2.24) is 5.01 Å². The molecule has 0 aromatic heterocycles. The van der Waals surface area contributed by atoms with Crippen molar-refractivity contribution >= 4 is 69.7 Å². The Morgan fingerprint density at radius 2 is 2.00 bits per heavy atom. The van der Waals surface area contributed by atoms with Crippen LogP contribution in [-0.4, -0.2) is 21.5 Å². The Bertz CT molecular complexity index is 925. The molecule has 0 saturated carbocycles. The Morgan fingerprint density at radius 1 is 1.20 bits per heavy atom. The predicted octanol–water partition coefficient (Wildman–Crippen LogP) is 5.54. The molecule has 1 fully saturated rings. The van der Waals surface area contributed by atoms with Crippen molar-refractivity contribution < 1.29 is 4.79 Å². The Kier molecular flexibility index (Phi) is 5.59. The lowest BCUT2D eigenvalue weighted by Gasteiger charge is -2.06. The summed E-state index contributed by atoms with van der Waals surface area (Å²) in [6, 6.07) is 12.9. The molecule has 0 aliphatic carbocycles. The van der Waals surface area contributed by atoms with Gasteiger partial charge in [0.1, 0.15) is 0 Å². The highest BCUT2D eigenvalue weighted by Gasteiger charge is 2.32. The first kappa shape index (κ1) is 18.1. The molecule has 3 nitrogen and oxygen atoms in total. The fraction of sp³-hybridized carbons (Fsp3) is 0.0556. The third kappa shape index (κ3) is 4.30. The van der Waals surface area contributed by atoms with Crippen LogP contribution in [0.2, 0.25) is 10.0 Å². The number of carbonyl (C=O) groups excluding carboxylic acids is 1. The van der Waals surface area contributed by atoms with Gasteiger partial charge in [-0.2, -0.15) is 10.1 Å². The van der Waals surface area contributed by atoms with Gasteiger partial charge in [-0.3, -0.25) is 4.79 Å². The molecule has 3 rings (SSSR count). The average molecular weight is 407 g/mol. The quantitative estimate of drug-likeness (QED) is 0.381. The SMILES string of the molecule is Cc1cccc(/C=C2\SC(=S)N(/N=C\c3ccc(Cl)cc3Cl)C2=O)c1. The first-order valence-electron chi connectivity index (χ1n) is 7.28. The van der Waals surface area contributed by atoms with Gasteiger partial charge in [-0.25, -0.2) is 0 Å². The first-order valence-corrected chi connectivity index (χ1v) is 9.26. The van der Waals surface area contributed by atoms with Crippen molar-refractivity contribution in [3.05, 3.63) is 74.1 Å². The Morgan fingerprint density at radius 3 is 2.72 bits per heavy atom. The molecule has 0 radical (unpaired) electrons.